The molecule has 0 bridgehead atoms. The molecule has 1 aliphatic heterocycles. The number of hydrogen-bond donors (Lipinski definition) is 0. The van der Waals surface area contributed by atoms with Crippen molar-refractivity contribution in [3.05, 3.63) is 162 Å². The number of anilines is 2. The third kappa shape index (κ3) is 10.4. The Labute approximate surface area is 423 Å². The quantitative estimate of drug-likeness (QED) is 0.155. The molecule has 1 aliphatic rings. The zero-order valence-electron chi connectivity index (χ0n) is 44.0. The summed E-state index contributed by atoms with van der Waals surface area (Å²) in [5.41, 5.74) is 13.6. The molecule has 0 N–H and O–H groups in total. The number of allylic oxidation sites excluding steroid dienone is 1. The van der Waals surface area contributed by atoms with Crippen molar-refractivity contribution < 1.29 is 25.8 Å². The summed E-state index contributed by atoms with van der Waals surface area (Å²) in [5.74, 6) is 2.10. The maximum absolute atomic E-state index is 6.94. The van der Waals surface area contributed by atoms with Gasteiger partial charge in [0, 0.05) is 61.1 Å². The van der Waals surface area contributed by atoms with E-state index in [2.05, 4.69) is 255 Å². The summed E-state index contributed by atoms with van der Waals surface area (Å²) < 4.78 is 9.18. The van der Waals surface area contributed by atoms with Crippen LogP contribution in [0.3, 0.4) is 0 Å². The predicted molar refractivity (Wildman–Crippen MR) is 285 cm³/mol. The van der Waals surface area contributed by atoms with E-state index < -0.39 is 0 Å². The van der Waals surface area contributed by atoms with E-state index in [9.17, 15) is 0 Å². The van der Waals surface area contributed by atoms with Gasteiger partial charge < -0.3 is 19.1 Å². The summed E-state index contributed by atoms with van der Waals surface area (Å²) in [6.07, 6.45) is 4.22. The molecule has 0 unspecified atom stereocenters. The predicted octanol–water partition coefficient (Wildman–Crippen LogP) is 17.1. The van der Waals surface area contributed by atoms with Crippen molar-refractivity contribution in [2.75, 3.05) is 9.80 Å². The largest absolute Gasteiger partial charge is 0.509 e. The number of rotatable bonds is 6. The van der Waals surface area contributed by atoms with Crippen molar-refractivity contribution in [1.29, 1.82) is 0 Å². The van der Waals surface area contributed by atoms with Gasteiger partial charge in [-0.25, -0.2) is 4.98 Å². The van der Waals surface area contributed by atoms with Gasteiger partial charge in [-0.15, -0.1) is 53.6 Å². The number of aromatic nitrogens is 2. The monoisotopic (exact) mass is 1080 g/mol. The Balaban J connectivity index is 0.00000684. The summed E-state index contributed by atoms with van der Waals surface area (Å²) in [4.78, 5) is 9.57. The van der Waals surface area contributed by atoms with E-state index in [0.717, 1.165) is 44.6 Å². The maximum Gasteiger partial charge on any atom is 0.135 e. The van der Waals surface area contributed by atoms with Gasteiger partial charge in [0.15, 0.2) is 0 Å². The van der Waals surface area contributed by atoms with Crippen LogP contribution in [0.25, 0.3) is 38.8 Å². The average molecular weight is 1090 g/mol. The fourth-order valence-electron chi connectivity index (χ4n) is 8.76. The third-order valence-corrected chi connectivity index (χ3v) is 13.2. The number of fused-ring (bicyclic) bond motifs is 3. The minimum atomic E-state index is -0.174. The molecule has 3 heterocycles. The molecule has 0 saturated heterocycles. The van der Waals surface area contributed by atoms with Crippen molar-refractivity contribution in [1.82, 2.24) is 9.55 Å². The first kappa shape index (κ1) is 50.7. The molecule has 0 aliphatic carbocycles. The zero-order valence-corrected chi connectivity index (χ0v) is 46.3. The van der Waals surface area contributed by atoms with Crippen LogP contribution in [0.15, 0.2) is 115 Å². The fourth-order valence-corrected chi connectivity index (χ4v) is 8.76. The molecule has 7 aromatic rings. The molecule has 0 fully saturated rings. The maximum atomic E-state index is 6.94. The SMILES string of the molecule is CC(C)(C)C1=CN(c2cc(C(C)(C)C)cc(C(C)(C)C)c2)[CH-]N1c1[c-]c(Oc2[c-]c3c(cc2)c2cc(-c4ccc(C(C)(C)C)cc4)ccc2n3-c2cc(C(C)(C)C)ccn2)cc(C(C)(C)C)c1.[Pt]. The first-order valence-corrected chi connectivity index (χ1v) is 24.1. The molecule has 0 atom stereocenters. The summed E-state index contributed by atoms with van der Waals surface area (Å²) in [6, 6.07) is 43.3. The van der Waals surface area contributed by atoms with Crippen molar-refractivity contribution in [3.8, 4) is 28.4 Å². The van der Waals surface area contributed by atoms with E-state index in [1.165, 1.54) is 39.1 Å². The van der Waals surface area contributed by atoms with E-state index in [0.29, 0.717) is 11.5 Å². The normalized spacial score (nSPS) is 14.2. The Morgan fingerprint density at radius 3 is 1.63 bits per heavy atom. The van der Waals surface area contributed by atoms with Gasteiger partial charge in [-0.3, -0.25) is 0 Å². The van der Waals surface area contributed by atoms with E-state index >= 15 is 0 Å². The van der Waals surface area contributed by atoms with E-state index in [4.69, 9.17) is 9.72 Å². The second-order valence-electron chi connectivity index (χ2n) is 25.0. The Bertz CT molecular complexity index is 2990. The molecular formula is C62H73N4OPt-3. The average Bonchev–Trinajstić information content (AvgIpc) is 3.83. The standard InChI is InChI=1S/C62H73N4O.Pt/c1-57(2,3)42-22-19-40(20-23-42)41-21-26-53-52(29-41)51-25-24-49(37-54(51)66(53)56-35-43(27-28-63-56)58(4,5)6)67-50-34-46(61(13,14)15)33-48(36-50)65-39-64(38-55(65)62(16,17)18)47-31-44(59(7,8)9)30-45(32-47)60(10,11)12;/h19-35,38-39H,1-18H3;/q-3;. The van der Waals surface area contributed by atoms with Gasteiger partial charge >= 0.3 is 0 Å². The summed E-state index contributed by atoms with van der Waals surface area (Å²) >= 11 is 0. The molecule has 0 amide bonds. The molecule has 360 valence electrons. The van der Waals surface area contributed by atoms with E-state index in [1.54, 1.807) is 0 Å². The van der Waals surface area contributed by atoms with Crippen LogP contribution in [-0.2, 0) is 48.1 Å². The fraction of sp³-hybridized carbons (Fsp3) is 0.387. The zero-order chi connectivity index (χ0) is 48.8. The van der Waals surface area contributed by atoms with Gasteiger partial charge in [-0.05, 0) is 102 Å². The molecule has 8 rings (SSSR count). The van der Waals surface area contributed by atoms with Gasteiger partial charge in [0.25, 0.3) is 0 Å². The topological polar surface area (TPSA) is 33.5 Å². The number of nitrogens with zero attached hydrogens (tertiary/aromatic N) is 4. The number of hydrogen-bond acceptors (Lipinski definition) is 4. The molecule has 5 nitrogen and oxygen atoms in total. The molecule has 0 saturated carbocycles. The number of ether oxygens (including phenoxy) is 1. The van der Waals surface area contributed by atoms with Gasteiger partial charge in [-0.2, -0.15) is 6.07 Å². The minimum Gasteiger partial charge on any atom is -0.509 e. The third-order valence-electron chi connectivity index (χ3n) is 13.2. The number of benzene rings is 5. The molecule has 5 aromatic carbocycles. The Morgan fingerprint density at radius 2 is 1.06 bits per heavy atom. The van der Waals surface area contributed by atoms with Crippen LogP contribution >= 0.6 is 0 Å². The Kier molecular flexibility index (Phi) is 13.2. The first-order chi connectivity index (χ1) is 30.9. The van der Waals surface area contributed by atoms with Crippen molar-refractivity contribution >= 4 is 33.2 Å². The van der Waals surface area contributed by atoms with Crippen LogP contribution in [0.1, 0.15) is 152 Å². The molecule has 6 heteroatoms. The van der Waals surface area contributed by atoms with Crippen LogP contribution in [0.2, 0.25) is 0 Å². The van der Waals surface area contributed by atoms with Crippen molar-refractivity contribution in [3.63, 3.8) is 0 Å². The van der Waals surface area contributed by atoms with Crippen LogP contribution in [0, 0.1) is 24.2 Å². The van der Waals surface area contributed by atoms with Gasteiger partial charge in [0.1, 0.15) is 5.82 Å². The molecule has 2 aromatic heterocycles. The smallest absolute Gasteiger partial charge is 0.135 e. The van der Waals surface area contributed by atoms with Crippen molar-refractivity contribution in [2.45, 2.75) is 152 Å². The van der Waals surface area contributed by atoms with Crippen LogP contribution in [0.4, 0.5) is 11.4 Å². The summed E-state index contributed by atoms with van der Waals surface area (Å²) in [5, 5.41) is 2.23. The van der Waals surface area contributed by atoms with Gasteiger partial charge in [-0.1, -0.05) is 173 Å². The summed E-state index contributed by atoms with van der Waals surface area (Å²) in [6.45, 7) is 43.1. The van der Waals surface area contributed by atoms with Crippen LogP contribution < -0.4 is 14.5 Å². The van der Waals surface area contributed by atoms with Crippen LogP contribution in [-0.4, -0.2) is 9.55 Å². The molecule has 68 heavy (non-hydrogen) atoms. The van der Waals surface area contributed by atoms with E-state index in [1.807, 2.05) is 12.3 Å². The van der Waals surface area contributed by atoms with Crippen molar-refractivity contribution in [2.24, 2.45) is 5.41 Å². The van der Waals surface area contributed by atoms with E-state index in [-0.39, 0.29) is 53.6 Å². The first-order valence-electron chi connectivity index (χ1n) is 24.1. The second kappa shape index (κ2) is 17.7. The second-order valence-corrected chi connectivity index (χ2v) is 25.0. The molecular weight excluding hydrogens is 1010 g/mol. The minimum absolute atomic E-state index is 0. The number of pyridine rings is 1. The Morgan fingerprint density at radius 1 is 0.485 bits per heavy atom. The van der Waals surface area contributed by atoms with Crippen LogP contribution in [0.5, 0.6) is 11.5 Å². The Hall–Kier alpha value is -5.12. The van der Waals surface area contributed by atoms with Gasteiger partial charge in [0.05, 0.1) is 0 Å². The molecule has 0 radical (unpaired) electrons. The molecule has 0 spiro atoms. The summed E-state index contributed by atoms with van der Waals surface area (Å²) in [7, 11) is 0. The van der Waals surface area contributed by atoms with Gasteiger partial charge in [0.2, 0.25) is 0 Å².